The van der Waals surface area contributed by atoms with Crippen LogP contribution in [0.15, 0.2) is 25.3 Å². The summed E-state index contributed by atoms with van der Waals surface area (Å²) in [7, 11) is 0. The van der Waals surface area contributed by atoms with Crippen LogP contribution in [0.5, 0.6) is 0 Å². The Labute approximate surface area is 98.1 Å². The zero-order chi connectivity index (χ0) is 12.6. The lowest BCUT2D eigenvalue weighted by Gasteiger charge is -1.97. The summed E-state index contributed by atoms with van der Waals surface area (Å²) in [4.78, 5) is 10.1. The summed E-state index contributed by atoms with van der Waals surface area (Å²) in [6.07, 6.45) is 9.92. The molecule has 0 saturated heterocycles. The molecule has 0 aliphatic heterocycles. The standard InChI is InChI=1S/C10H18O2.C3H3N/c1-2-3-4-5-6-7-8-9-10(11)12;1-2-3-4/h2H,1,3-9H2,(H,11,12);2H,1H2. The SMILES string of the molecule is C=CC#N.C=CCCCCCCCC(=O)O. The minimum absolute atomic E-state index is 0.321. The van der Waals surface area contributed by atoms with Crippen LogP contribution in [0.2, 0.25) is 0 Å². The van der Waals surface area contributed by atoms with E-state index in [-0.39, 0.29) is 0 Å². The molecule has 0 unspecified atom stereocenters. The number of rotatable bonds is 8. The fraction of sp³-hybridized carbons (Fsp3) is 0.538. The first-order valence-corrected chi connectivity index (χ1v) is 5.52. The van der Waals surface area contributed by atoms with Gasteiger partial charge in [-0.3, -0.25) is 4.79 Å². The van der Waals surface area contributed by atoms with Crippen molar-refractivity contribution in [2.75, 3.05) is 0 Å². The summed E-state index contributed by atoms with van der Waals surface area (Å²) in [6.45, 7) is 6.76. The number of allylic oxidation sites excluding steroid dienone is 2. The highest BCUT2D eigenvalue weighted by Gasteiger charge is 1.95. The number of unbranched alkanes of at least 4 members (excludes halogenated alkanes) is 5. The molecule has 1 N–H and O–H groups in total. The molecule has 0 amide bonds. The molecule has 3 nitrogen and oxygen atoms in total. The Bertz CT molecular complexity index is 229. The van der Waals surface area contributed by atoms with Crippen LogP contribution in [0.1, 0.15) is 44.9 Å². The van der Waals surface area contributed by atoms with Gasteiger partial charge in [-0.1, -0.05) is 31.9 Å². The number of carbonyl (C=O) groups is 1. The quantitative estimate of drug-likeness (QED) is 0.388. The minimum atomic E-state index is -0.680. The molecular formula is C13H21NO2. The Morgan fingerprint density at radius 1 is 1.19 bits per heavy atom. The van der Waals surface area contributed by atoms with Crippen molar-refractivity contribution in [3.63, 3.8) is 0 Å². The average molecular weight is 223 g/mol. The number of nitriles is 1. The molecule has 0 spiro atoms. The monoisotopic (exact) mass is 223 g/mol. The van der Waals surface area contributed by atoms with E-state index in [0.717, 1.165) is 25.7 Å². The Kier molecular flexibility index (Phi) is 16.7. The molecule has 0 radical (unpaired) electrons. The molecule has 3 heteroatoms. The molecule has 0 aromatic rings. The van der Waals surface area contributed by atoms with Gasteiger partial charge < -0.3 is 5.11 Å². The first-order valence-electron chi connectivity index (χ1n) is 5.52. The Hall–Kier alpha value is -1.56. The maximum Gasteiger partial charge on any atom is 0.303 e. The molecule has 0 aliphatic rings. The van der Waals surface area contributed by atoms with Crippen LogP contribution in [0.4, 0.5) is 0 Å². The molecule has 0 aromatic heterocycles. The summed E-state index contributed by atoms with van der Waals surface area (Å²) in [6, 6.07) is 1.69. The second-order valence-electron chi connectivity index (χ2n) is 3.32. The van der Waals surface area contributed by atoms with Gasteiger partial charge in [-0.25, -0.2) is 0 Å². The van der Waals surface area contributed by atoms with Crippen molar-refractivity contribution in [2.24, 2.45) is 0 Å². The molecule has 0 aromatic carbocycles. The highest BCUT2D eigenvalue weighted by molar-refractivity contribution is 5.66. The molecule has 90 valence electrons. The van der Waals surface area contributed by atoms with Crippen molar-refractivity contribution in [1.29, 1.82) is 5.26 Å². The number of carboxylic acids is 1. The van der Waals surface area contributed by atoms with Crippen LogP contribution in [0.3, 0.4) is 0 Å². The Morgan fingerprint density at radius 3 is 2.12 bits per heavy atom. The summed E-state index contributed by atoms with van der Waals surface area (Å²) >= 11 is 0. The van der Waals surface area contributed by atoms with E-state index in [9.17, 15) is 4.79 Å². The fourth-order valence-electron chi connectivity index (χ4n) is 1.10. The van der Waals surface area contributed by atoms with Crippen molar-refractivity contribution >= 4 is 5.97 Å². The first kappa shape index (κ1) is 16.9. The first-order chi connectivity index (χ1) is 7.68. The maximum absolute atomic E-state index is 10.1. The van der Waals surface area contributed by atoms with E-state index in [0.29, 0.717) is 6.42 Å². The molecule has 0 fully saturated rings. The van der Waals surface area contributed by atoms with Crippen LogP contribution < -0.4 is 0 Å². The second-order valence-corrected chi connectivity index (χ2v) is 3.32. The summed E-state index contributed by atoms with van der Waals surface area (Å²) in [5.41, 5.74) is 0. The minimum Gasteiger partial charge on any atom is -0.481 e. The van der Waals surface area contributed by atoms with E-state index in [1.54, 1.807) is 6.07 Å². The van der Waals surface area contributed by atoms with E-state index in [4.69, 9.17) is 10.4 Å². The summed E-state index contributed by atoms with van der Waals surface area (Å²) in [5, 5.41) is 15.8. The Balaban J connectivity index is 0. The second kappa shape index (κ2) is 15.9. The molecule has 0 saturated carbocycles. The van der Waals surface area contributed by atoms with E-state index in [2.05, 4.69) is 13.2 Å². The largest absolute Gasteiger partial charge is 0.481 e. The van der Waals surface area contributed by atoms with Crippen molar-refractivity contribution in [3.8, 4) is 6.07 Å². The lowest BCUT2D eigenvalue weighted by molar-refractivity contribution is -0.137. The van der Waals surface area contributed by atoms with E-state index < -0.39 is 5.97 Å². The fourth-order valence-corrected chi connectivity index (χ4v) is 1.10. The van der Waals surface area contributed by atoms with E-state index in [1.807, 2.05) is 6.08 Å². The number of carboxylic acid groups (broad SMARTS) is 1. The van der Waals surface area contributed by atoms with Crippen molar-refractivity contribution in [2.45, 2.75) is 44.9 Å². The number of hydrogen-bond acceptors (Lipinski definition) is 2. The predicted molar refractivity (Wildman–Crippen MR) is 66.0 cm³/mol. The van der Waals surface area contributed by atoms with Gasteiger partial charge in [0.05, 0.1) is 6.07 Å². The van der Waals surface area contributed by atoms with Crippen LogP contribution in [-0.2, 0) is 4.79 Å². The van der Waals surface area contributed by atoms with E-state index in [1.165, 1.54) is 18.9 Å². The normalized spacial score (nSPS) is 8.19. The third-order valence-corrected chi connectivity index (χ3v) is 1.89. The van der Waals surface area contributed by atoms with Gasteiger partial charge in [0.25, 0.3) is 0 Å². The number of hydrogen-bond donors (Lipinski definition) is 1. The summed E-state index contributed by atoms with van der Waals surface area (Å²) < 4.78 is 0. The molecule has 0 aliphatic carbocycles. The molecule has 0 atom stereocenters. The lowest BCUT2D eigenvalue weighted by atomic mass is 10.1. The highest BCUT2D eigenvalue weighted by Crippen LogP contribution is 2.06. The van der Waals surface area contributed by atoms with Gasteiger partial charge in [0.15, 0.2) is 0 Å². The van der Waals surface area contributed by atoms with Crippen LogP contribution >= 0.6 is 0 Å². The molecule has 0 bridgehead atoms. The number of nitrogens with zero attached hydrogens (tertiary/aromatic N) is 1. The zero-order valence-electron chi connectivity index (χ0n) is 9.82. The molecular weight excluding hydrogens is 202 g/mol. The maximum atomic E-state index is 10.1. The number of aliphatic carboxylic acids is 1. The molecule has 0 rings (SSSR count). The van der Waals surface area contributed by atoms with Gasteiger partial charge >= 0.3 is 5.97 Å². The van der Waals surface area contributed by atoms with Gasteiger partial charge in [0.2, 0.25) is 0 Å². The van der Waals surface area contributed by atoms with E-state index >= 15 is 0 Å². The van der Waals surface area contributed by atoms with Gasteiger partial charge in [-0.2, -0.15) is 5.26 Å². The van der Waals surface area contributed by atoms with Crippen molar-refractivity contribution in [1.82, 2.24) is 0 Å². The smallest absolute Gasteiger partial charge is 0.303 e. The highest BCUT2D eigenvalue weighted by atomic mass is 16.4. The third kappa shape index (κ3) is 22.9. The molecule has 0 heterocycles. The lowest BCUT2D eigenvalue weighted by Crippen LogP contribution is -1.93. The van der Waals surface area contributed by atoms with Crippen molar-refractivity contribution < 1.29 is 9.90 Å². The third-order valence-electron chi connectivity index (χ3n) is 1.89. The van der Waals surface area contributed by atoms with Gasteiger partial charge in [-0.05, 0) is 19.3 Å². The molecule has 16 heavy (non-hydrogen) atoms. The van der Waals surface area contributed by atoms with Gasteiger partial charge in [-0.15, -0.1) is 6.58 Å². The Morgan fingerprint density at radius 2 is 1.69 bits per heavy atom. The van der Waals surface area contributed by atoms with Crippen LogP contribution in [0.25, 0.3) is 0 Å². The zero-order valence-corrected chi connectivity index (χ0v) is 9.82. The van der Waals surface area contributed by atoms with Crippen molar-refractivity contribution in [3.05, 3.63) is 25.3 Å². The van der Waals surface area contributed by atoms with Crippen LogP contribution in [0, 0.1) is 11.3 Å². The topological polar surface area (TPSA) is 61.1 Å². The van der Waals surface area contributed by atoms with Gasteiger partial charge in [0.1, 0.15) is 0 Å². The summed E-state index contributed by atoms with van der Waals surface area (Å²) in [5.74, 6) is -0.680. The van der Waals surface area contributed by atoms with Crippen LogP contribution in [-0.4, -0.2) is 11.1 Å². The van der Waals surface area contributed by atoms with Gasteiger partial charge in [0, 0.05) is 12.5 Å². The predicted octanol–water partition coefficient (Wildman–Crippen LogP) is 3.68. The average Bonchev–Trinajstić information content (AvgIpc) is 2.28.